The first kappa shape index (κ1) is 9.83. The third-order valence-electron chi connectivity index (χ3n) is 2.55. The van der Waals surface area contributed by atoms with Gasteiger partial charge in [0.15, 0.2) is 0 Å². The molecule has 0 radical (unpaired) electrons. The zero-order valence-corrected chi connectivity index (χ0v) is 8.96. The molecule has 0 spiro atoms. The Hall–Kier alpha value is -1.71. The summed E-state index contributed by atoms with van der Waals surface area (Å²) < 4.78 is 1.99. The summed E-state index contributed by atoms with van der Waals surface area (Å²) in [5.74, 6) is 0. The van der Waals surface area contributed by atoms with Crippen LogP contribution < -0.4 is 0 Å². The van der Waals surface area contributed by atoms with Gasteiger partial charge in [0.1, 0.15) is 12.7 Å². The van der Waals surface area contributed by atoms with Crippen molar-refractivity contribution in [3.05, 3.63) is 42.2 Å². The minimum atomic E-state index is 0.341. The van der Waals surface area contributed by atoms with Crippen LogP contribution in [0.1, 0.15) is 24.2 Å². The van der Waals surface area contributed by atoms with Crippen LogP contribution in [0, 0.1) is 6.92 Å². The van der Waals surface area contributed by atoms with Gasteiger partial charge in [-0.2, -0.15) is 0 Å². The molecule has 15 heavy (non-hydrogen) atoms. The van der Waals surface area contributed by atoms with E-state index in [0.29, 0.717) is 6.04 Å². The second-order valence-corrected chi connectivity index (χ2v) is 3.73. The zero-order chi connectivity index (χ0) is 10.7. The van der Waals surface area contributed by atoms with Gasteiger partial charge < -0.3 is 4.57 Å². The van der Waals surface area contributed by atoms with Gasteiger partial charge in [-0.3, -0.25) is 4.98 Å². The van der Waals surface area contributed by atoms with Crippen molar-refractivity contribution in [3.63, 3.8) is 0 Å². The van der Waals surface area contributed by atoms with Crippen LogP contribution in [0.5, 0.6) is 0 Å². The molecule has 0 aliphatic heterocycles. The van der Waals surface area contributed by atoms with Gasteiger partial charge in [-0.05, 0) is 25.5 Å². The van der Waals surface area contributed by atoms with Gasteiger partial charge in [-0.25, -0.2) is 0 Å². The number of pyridine rings is 1. The van der Waals surface area contributed by atoms with E-state index < -0.39 is 0 Å². The normalized spacial score (nSPS) is 12.7. The lowest BCUT2D eigenvalue weighted by Crippen LogP contribution is -2.08. The van der Waals surface area contributed by atoms with Crippen molar-refractivity contribution < 1.29 is 0 Å². The molecule has 4 nitrogen and oxygen atoms in total. The first-order valence-electron chi connectivity index (χ1n) is 5.02. The molecule has 2 aromatic heterocycles. The molecule has 0 amide bonds. The van der Waals surface area contributed by atoms with E-state index in [4.69, 9.17) is 0 Å². The number of hydrogen-bond acceptors (Lipinski definition) is 3. The predicted octanol–water partition coefficient (Wildman–Crippen LogP) is 1.79. The van der Waals surface area contributed by atoms with Crippen molar-refractivity contribution in [1.29, 1.82) is 0 Å². The molecule has 0 bridgehead atoms. The number of aromatic nitrogens is 4. The lowest BCUT2D eigenvalue weighted by Gasteiger charge is -2.12. The van der Waals surface area contributed by atoms with Gasteiger partial charge >= 0.3 is 0 Å². The second kappa shape index (κ2) is 4.21. The highest BCUT2D eigenvalue weighted by Gasteiger charge is 2.07. The lowest BCUT2D eigenvalue weighted by atomic mass is 10.1. The van der Waals surface area contributed by atoms with Gasteiger partial charge in [0, 0.05) is 24.4 Å². The highest BCUT2D eigenvalue weighted by molar-refractivity contribution is 5.18. The van der Waals surface area contributed by atoms with E-state index in [-0.39, 0.29) is 0 Å². The van der Waals surface area contributed by atoms with E-state index in [9.17, 15) is 0 Å². The molecule has 0 aliphatic rings. The first-order valence-corrected chi connectivity index (χ1v) is 5.02. The van der Waals surface area contributed by atoms with E-state index in [1.165, 1.54) is 5.56 Å². The largest absolute Gasteiger partial charge is 0.317 e. The molecule has 78 valence electrons. The molecule has 0 aromatic carbocycles. The smallest absolute Gasteiger partial charge is 0.119 e. The van der Waals surface area contributed by atoms with E-state index >= 15 is 0 Å². The molecule has 0 saturated carbocycles. The van der Waals surface area contributed by atoms with Crippen LogP contribution in [-0.4, -0.2) is 19.7 Å². The highest BCUT2D eigenvalue weighted by atomic mass is 15.2. The quantitative estimate of drug-likeness (QED) is 0.762. The molecule has 0 aliphatic carbocycles. The van der Waals surface area contributed by atoms with Crippen LogP contribution in [-0.2, 0) is 6.42 Å². The summed E-state index contributed by atoms with van der Waals surface area (Å²) >= 11 is 0. The molecule has 2 rings (SSSR count). The molecule has 4 heteroatoms. The van der Waals surface area contributed by atoms with Crippen LogP contribution in [0.2, 0.25) is 0 Å². The topological polar surface area (TPSA) is 43.6 Å². The zero-order valence-electron chi connectivity index (χ0n) is 8.96. The van der Waals surface area contributed by atoms with Crippen LogP contribution in [0.25, 0.3) is 0 Å². The van der Waals surface area contributed by atoms with Gasteiger partial charge in [-0.15, -0.1) is 10.2 Å². The SMILES string of the molecule is Cc1cccnc1CC(C)n1cnnc1. The molecule has 1 unspecified atom stereocenters. The van der Waals surface area contributed by atoms with E-state index in [2.05, 4.69) is 35.1 Å². The van der Waals surface area contributed by atoms with Crippen molar-refractivity contribution in [3.8, 4) is 0 Å². The first-order chi connectivity index (χ1) is 7.27. The molecule has 0 saturated heterocycles. The van der Waals surface area contributed by atoms with Gasteiger partial charge in [-0.1, -0.05) is 6.07 Å². The molecule has 0 N–H and O–H groups in total. The molecule has 2 heterocycles. The molecular formula is C11H14N4. The van der Waals surface area contributed by atoms with Crippen molar-refractivity contribution >= 4 is 0 Å². The Kier molecular flexibility index (Phi) is 2.76. The second-order valence-electron chi connectivity index (χ2n) is 3.73. The lowest BCUT2D eigenvalue weighted by molar-refractivity contribution is 0.535. The summed E-state index contributed by atoms with van der Waals surface area (Å²) in [7, 11) is 0. The Morgan fingerprint density at radius 2 is 2.07 bits per heavy atom. The van der Waals surface area contributed by atoms with Gasteiger partial charge in [0.25, 0.3) is 0 Å². The molecule has 0 fully saturated rings. The summed E-state index contributed by atoms with van der Waals surface area (Å²) in [6.07, 6.45) is 6.22. The summed E-state index contributed by atoms with van der Waals surface area (Å²) in [5, 5.41) is 7.60. The van der Waals surface area contributed by atoms with Gasteiger partial charge in [0.2, 0.25) is 0 Å². The molecular weight excluding hydrogens is 188 g/mol. The fourth-order valence-electron chi connectivity index (χ4n) is 1.55. The maximum atomic E-state index is 4.37. The number of aryl methyl sites for hydroxylation is 1. The Morgan fingerprint density at radius 3 is 2.73 bits per heavy atom. The minimum absolute atomic E-state index is 0.341. The maximum Gasteiger partial charge on any atom is 0.119 e. The average molecular weight is 202 g/mol. The third-order valence-corrected chi connectivity index (χ3v) is 2.55. The van der Waals surface area contributed by atoms with E-state index in [1.54, 1.807) is 12.7 Å². The Labute approximate surface area is 89.0 Å². The third kappa shape index (κ3) is 2.21. The van der Waals surface area contributed by atoms with Crippen molar-refractivity contribution in [1.82, 2.24) is 19.7 Å². The molecule has 2 aromatic rings. The summed E-state index contributed by atoms with van der Waals surface area (Å²) in [6.45, 7) is 4.22. The van der Waals surface area contributed by atoms with Crippen LogP contribution in [0.4, 0.5) is 0 Å². The van der Waals surface area contributed by atoms with Crippen molar-refractivity contribution in [2.45, 2.75) is 26.3 Å². The number of nitrogens with zero attached hydrogens (tertiary/aromatic N) is 4. The summed E-state index contributed by atoms with van der Waals surface area (Å²) in [4.78, 5) is 4.37. The summed E-state index contributed by atoms with van der Waals surface area (Å²) in [5.41, 5.74) is 2.37. The minimum Gasteiger partial charge on any atom is -0.317 e. The van der Waals surface area contributed by atoms with Crippen molar-refractivity contribution in [2.24, 2.45) is 0 Å². The maximum absolute atomic E-state index is 4.37. The summed E-state index contributed by atoms with van der Waals surface area (Å²) in [6, 6.07) is 4.39. The van der Waals surface area contributed by atoms with Crippen LogP contribution in [0.15, 0.2) is 31.0 Å². The Balaban J connectivity index is 2.13. The predicted molar refractivity (Wildman–Crippen MR) is 57.4 cm³/mol. The molecule has 1 atom stereocenters. The standard InChI is InChI=1S/C11H14N4/c1-9-4-3-5-12-11(9)6-10(2)15-7-13-14-8-15/h3-5,7-8,10H,6H2,1-2H3. The van der Waals surface area contributed by atoms with E-state index in [1.807, 2.05) is 16.8 Å². The van der Waals surface area contributed by atoms with Crippen LogP contribution in [0.3, 0.4) is 0 Å². The average Bonchev–Trinajstić information content (AvgIpc) is 2.74. The Morgan fingerprint density at radius 1 is 1.33 bits per heavy atom. The fourth-order valence-corrected chi connectivity index (χ4v) is 1.55. The fraction of sp³-hybridized carbons (Fsp3) is 0.364. The number of hydrogen-bond donors (Lipinski definition) is 0. The van der Waals surface area contributed by atoms with Crippen LogP contribution >= 0.6 is 0 Å². The number of rotatable bonds is 3. The van der Waals surface area contributed by atoms with Gasteiger partial charge in [0.05, 0.1) is 0 Å². The highest BCUT2D eigenvalue weighted by Crippen LogP contribution is 2.13. The monoisotopic (exact) mass is 202 g/mol. The van der Waals surface area contributed by atoms with Crippen molar-refractivity contribution in [2.75, 3.05) is 0 Å². The van der Waals surface area contributed by atoms with E-state index in [0.717, 1.165) is 12.1 Å². The Bertz CT molecular complexity index is 422.